The van der Waals surface area contributed by atoms with E-state index in [-0.39, 0.29) is 24.7 Å². The van der Waals surface area contributed by atoms with Crippen LogP contribution in [0.15, 0.2) is 18.3 Å². The molecule has 0 radical (unpaired) electrons. The highest BCUT2D eigenvalue weighted by Crippen LogP contribution is 2.17. The molecule has 1 aromatic heterocycles. The van der Waals surface area contributed by atoms with Gasteiger partial charge in [-0.25, -0.2) is 14.8 Å². The lowest BCUT2D eigenvalue weighted by molar-refractivity contribution is -0.154. The molecule has 0 aliphatic rings. The summed E-state index contributed by atoms with van der Waals surface area (Å²) in [6.07, 6.45) is 4.12. The Morgan fingerprint density at radius 2 is 2.04 bits per heavy atom. The molecule has 27 heavy (non-hydrogen) atoms. The van der Waals surface area contributed by atoms with Gasteiger partial charge in [-0.2, -0.15) is 0 Å². The molecule has 0 aliphatic heterocycles. The summed E-state index contributed by atoms with van der Waals surface area (Å²) in [5, 5.41) is 15.3. The van der Waals surface area contributed by atoms with Crippen molar-refractivity contribution in [2.45, 2.75) is 53.0 Å². The van der Waals surface area contributed by atoms with E-state index in [1.165, 1.54) is 0 Å². The molecule has 1 heterocycles. The van der Waals surface area contributed by atoms with Crippen molar-refractivity contribution < 1.29 is 19.6 Å². The largest absolute Gasteiger partial charge is 0.328 e. The van der Waals surface area contributed by atoms with Gasteiger partial charge in [0.1, 0.15) is 5.82 Å². The molecule has 0 fully saturated rings. The van der Waals surface area contributed by atoms with Crippen LogP contribution in [0.5, 0.6) is 0 Å². The molecule has 3 N–H and O–H groups in total. The molecule has 8 heteroatoms. The summed E-state index contributed by atoms with van der Waals surface area (Å²) in [6, 6.07) is 2.24. The minimum Gasteiger partial charge on any atom is -0.328 e. The van der Waals surface area contributed by atoms with Crippen LogP contribution in [-0.4, -0.2) is 46.1 Å². The molecule has 0 saturated carbocycles. The summed E-state index contributed by atoms with van der Waals surface area (Å²) in [7, 11) is 0. The van der Waals surface area contributed by atoms with Gasteiger partial charge in [0.15, 0.2) is 5.78 Å². The highest BCUT2D eigenvalue weighted by molar-refractivity contribution is 5.94. The Kier molecular flexibility index (Phi) is 9.42. The number of carbonyl (C=O) groups excluding carboxylic acids is 3. The molecule has 0 bridgehead atoms. The minimum absolute atomic E-state index is 0.0889. The van der Waals surface area contributed by atoms with Gasteiger partial charge in [0, 0.05) is 12.1 Å². The van der Waals surface area contributed by atoms with E-state index in [2.05, 4.69) is 15.6 Å². The average molecular weight is 378 g/mol. The average Bonchev–Trinajstić information content (AvgIpc) is 2.64. The number of Topliss-reactive ketones (excluding diaryl/α,β-unsaturated/α-hetero) is 1. The van der Waals surface area contributed by atoms with E-state index in [9.17, 15) is 19.6 Å². The quantitative estimate of drug-likeness (QED) is 0.311. The van der Waals surface area contributed by atoms with E-state index in [1.807, 2.05) is 33.8 Å². The predicted molar refractivity (Wildman–Crippen MR) is 102 cm³/mol. The number of nitrogens with zero attached hydrogens (tertiary/aromatic N) is 2. The van der Waals surface area contributed by atoms with Crippen LogP contribution in [0.2, 0.25) is 0 Å². The number of rotatable bonds is 11. The fraction of sp³-hybridized carbons (Fsp3) is 0.579. The Morgan fingerprint density at radius 1 is 1.33 bits per heavy atom. The number of nitrogens with one attached hydrogen (secondary N) is 2. The SMILES string of the molecule is CCCC[C@H](CN(O)C=O)C(=O)[C@@H](NC(=O)Nc1ccc(C)cn1)C(C)C. The van der Waals surface area contributed by atoms with E-state index in [0.717, 1.165) is 18.4 Å². The first-order valence-corrected chi connectivity index (χ1v) is 9.23. The van der Waals surface area contributed by atoms with E-state index < -0.39 is 18.0 Å². The van der Waals surface area contributed by atoms with Gasteiger partial charge in [-0.05, 0) is 30.9 Å². The summed E-state index contributed by atoms with van der Waals surface area (Å²) in [6.45, 7) is 7.47. The smallest absolute Gasteiger partial charge is 0.320 e. The van der Waals surface area contributed by atoms with Crippen molar-refractivity contribution >= 4 is 24.0 Å². The van der Waals surface area contributed by atoms with Crippen molar-refractivity contribution in [2.24, 2.45) is 11.8 Å². The van der Waals surface area contributed by atoms with Crippen LogP contribution in [0, 0.1) is 18.8 Å². The van der Waals surface area contributed by atoms with E-state index >= 15 is 0 Å². The monoisotopic (exact) mass is 378 g/mol. The molecule has 0 unspecified atom stereocenters. The number of hydrogen-bond donors (Lipinski definition) is 3. The zero-order valence-corrected chi connectivity index (χ0v) is 16.4. The van der Waals surface area contributed by atoms with E-state index in [1.54, 1.807) is 12.3 Å². The first-order valence-electron chi connectivity index (χ1n) is 9.23. The van der Waals surface area contributed by atoms with Crippen LogP contribution >= 0.6 is 0 Å². The van der Waals surface area contributed by atoms with Crippen molar-refractivity contribution in [1.82, 2.24) is 15.4 Å². The van der Waals surface area contributed by atoms with Crippen LogP contribution in [0.4, 0.5) is 10.6 Å². The predicted octanol–water partition coefficient (Wildman–Crippen LogP) is 2.76. The molecule has 0 aliphatic carbocycles. The van der Waals surface area contributed by atoms with Gasteiger partial charge in [0.05, 0.1) is 12.6 Å². The Bertz CT molecular complexity index is 619. The Hall–Kier alpha value is -2.48. The third-order valence-corrected chi connectivity index (χ3v) is 4.25. The number of hydroxylamine groups is 2. The molecule has 2 atom stereocenters. The highest BCUT2D eigenvalue weighted by Gasteiger charge is 2.31. The van der Waals surface area contributed by atoms with Crippen molar-refractivity contribution in [3.05, 3.63) is 23.9 Å². The number of aryl methyl sites for hydroxylation is 1. The van der Waals surface area contributed by atoms with Crippen LogP contribution in [-0.2, 0) is 9.59 Å². The molecule has 0 aromatic carbocycles. The first-order chi connectivity index (χ1) is 12.8. The van der Waals surface area contributed by atoms with Gasteiger partial charge < -0.3 is 5.32 Å². The van der Waals surface area contributed by atoms with Gasteiger partial charge in [-0.1, -0.05) is 39.7 Å². The highest BCUT2D eigenvalue weighted by atomic mass is 16.5. The number of amides is 3. The number of pyridine rings is 1. The van der Waals surface area contributed by atoms with Crippen LogP contribution < -0.4 is 10.6 Å². The second kappa shape index (κ2) is 11.3. The molecule has 0 saturated heterocycles. The number of ketones is 1. The summed E-state index contributed by atoms with van der Waals surface area (Å²) in [5.74, 6) is -0.517. The maximum Gasteiger partial charge on any atom is 0.320 e. The Morgan fingerprint density at radius 3 is 2.56 bits per heavy atom. The third-order valence-electron chi connectivity index (χ3n) is 4.25. The van der Waals surface area contributed by atoms with E-state index in [0.29, 0.717) is 17.3 Å². The van der Waals surface area contributed by atoms with Crippen LogP contribution in [0.3, 0.4) is 0 Å². The summed E-state index contributed by atoms with van der Waals surface area (Å²) >= 11 is 0. The molecular weight excluding hydrogens is 348 g/mol. The second-order valence-electron chi connectivity index (χ2n) is 7.01. The number of unbranched alkanes of at least 4 members (excludes halogenated alkanes) is 1. The van der Waals surface area contributed by atoms with Gasteiger partial charge in [0.2, 0.25) is 6.41 Å². The van der Waals surface area contributed by atoms with Gasteiger partial charge >= 0.3 is 6.03 Å². The van der Waals surface area contributed by atoms with Crippen molar-refractivity contribution in [3.8, 4) is 0 Å². The van der Waals surface area contributed by atoms with Crippen molar-refractivity contribution in [3.63, 3.8) is 0 Å². The fourth-order valence-corrected chi connectivity index (χ4v) is 2.70. The van der Waals surface area contributed by atoms with E-state index in [4.69, 9.17) is 0 Å². The Balaban J connectivity index is 2.82. The van der Waals surface area contributed by atoms with Crippen LogP contribution in [0.25, 0.3) is 0 Å². The summed E-state index contributed by atoms with van der Waals surface area (Å²) < 4.78 is 0. The standard InChI is InChI=1S/C19H30N4O4/c1-5-6-7-15(11-23(27)12-24)18(25)17(13(2)3)22-19(26)21-16-9-8-14(4)10-20-16/h8-10,12-13,15,17,27H,5-7,11H2,1-4H3,(H2,20,21,22,26)/t15-,17+/m1/s1. The fourth-order valence-electron chi connectivity index (χ4n) is 2.70. The number of urea groups is 1. The normalized spacial score (nSPS) is 13.0. The van der Waals surface area contributed by atoms with Crippen molar-refractivity contribution in [2.75, 3.05) is 11.9 Å². The lowest BCUT2D eigenvalue weighted by atomic mass is 9.87. The van der Waals surface area contributed by atoms with Gasteiger partial charge in [0.25, 0.3) is 0 Å². The molecule has 0 spiro atoms. The van der Waals surface area contributed by atoms with Crippen LogP contribution in [0.1, 0.15) is 45.6 Å². The second-order valence-corrected chi connectivity index (χ2v) is 7.01. The molecule has 150 valence electrons. The van der Waals surface area contributed by atoms with Gasteiger partial charge in [-0.15, -0.1) is 0 Å². The number of carbonyl (C=O) groups is 3. The molecular formula is C19H30N4O4. The Labute approximate surface area is 160 Å². The zero-order chi connectivity index (χ0) is 20.4. The number of anilines is 1. The molecule has 3 amide bonds. The summed E-state index contributed by atoms with van der Waals surface area (Å²) in [5.41, 5.74) is 0.971. The topological polar surface area (TPSA) is 112 Å². The molecule has 1 rings (SSSR count). The minimum atomic E-state index is -0.739. The lowest BCUT2D eigenvalue weighted by Gasteiger charge is -2.27. The number of aromatic nitrogens is 1. The van der Waals surface area contributed by atoms with Gasteiger partial charge in [-0.3, -0.25) is 20.1 Å². The molecule has 8 nitrogen and oxygen atoms in total. The maximum absolute atomic E-state index is 13.0. The maximum atomic E-state index is 13.0. The zero-order valence-electron chi connectivity index (χ0n) is 16.4. The summed E-state index contributed by atoms with van der Waals surface area (Å²) in [4.78, 5) is 40.1. The first kappa shape index (κ1) is 22.6. The van der Waals surface area contributed by atoms with Crippen molar-refractivity contribution in [1.29, 1.82) is 0 Å². The lowest BCUT2D eigenvalue weighted by Crippen LogP contribution is -2.50. The number of hydrogen-bond acceptors (Lipinski definition) is 5. The third kappa shape index (κ3) is 7.74. The molecule has 1 aromatic rings.